The van der Waals surface area contributed by atoms with Crippen LogP contribution in [0, 0.1) is 11.3 Å². The second-order valence-corrected chi connectivity index (χ2v) is 6.00. The van der Waals surface area contributed by atoms with E-state index in [4.69, 9.17) is 5.73 Å². The first-order valence-electron chi connectivity index (χ1n) is 5.97. The van der Waals surface area contributed by atoms with Gasteiger partial charge in [-0.05, 0) is 17.8 Å². The molecule has 100 valence electrons. The van der Waals surface area contributed by atoms with Crippen LogP contribution in [0.15, 0.2) is 0 Å². The summed E-state index contributed by atoms with van der Waals surface area (Å²) in [6, 6.07) is -0.670. The van der Waals surface area contributed by atoms with E-state index in [1.54, 1.807) is 0 Å². The van der Waals surface area contributed by atoms with Crippen LogP contribution in [-0.4, -0.2) is 35.1 Å². The molecule has 0 aliphatic carbocycles. The Labute approximate surface area is 104 Å². The summed E-state index contributed by atoms with van der Waals surface area (Å²) < 4.78 is 0. The van der Waals surface area contributed by atoms with Gasteiger partial charge in [0, 0.05) is 0 Å². The molecular weight excluding hydrogens is 219 g/mol. The van der Waals surface area contributed by atoms with Crippen molar-refractivity contribution in [3.8, 4) is 0 Å². The van der Waals surface area contributed by atoms with Gasteiger partial charge in [0.1, 0.15) is 0 Å². The molecule has 0 radical (unpaired) electrons. The third-order valence-corrected chi connectivity index (χ3v) is 2.63. The van der Waals surface area contributed by atoms with Gasteiger partial charge in [-0.25, -0.2) is 0 Å². The van der Waals surface area contributed by atoms with E-state index >= 15 is 0 Å². The SMILES string of the molecule is CC(C)C[C@H](NC(=O)[C@@H](N)C(C)(C)C)B(O)O. The summed E-state index contributed by atoms with van der Waals surface area (Å²) in [5.41, 5.74) is 5.44. The maximum Gasteiger partial charge on any atom is 0.475 e. The number of nitrogens with two attached hydrogens (primary N) is 1. The lowest BCUT2D eigenvalue weighted by molar-refractivity contribution is -0.125. The van der Waals surface area contributed by atoms with Crippen molar-refractivity contribution in [2.45, 2.75) is 53.0 Å². The van der Waals surface area contributed by atoms with Crippen molar-refractivity contribution < 1.29 is 14.8 Å². The minimum atomic E-state index is -1.56. The third-order valence-electron chi connectivity index (χ3n) is 2.63. The topological polar surface area (TPSA) is 95.6 Å². The van der Waals surface area contributed by atoms with Gasteiger partial charge in [-0.1, -0.05) is 34.6 Å². The van der Waals surface area contributed by atoms with Gasteiger partial charge in [0.15, 0.2) is 0 Å². The van der Waals surface area contributed by atoms with Crippen LogP contribution >= 0.6 is 0 Å². The zero-order chi connectivity index (χ0) is 13.8. The molecule has 5 N–H and O–H groups in total. The molecule has 0 fully saturated rings. The van der Waals surface area contributed by atoms with E-state index < -0.39 is 19.1 Å². The number of nitrogens with one attached hydrogen (secondary N) is 1. The number of hydrogen-bond donors (Lipinski definition) is 4. The molecule has 1 amide bonds. The second kappa shape index (κ2) is 6.38. The van der Waals surface area contributed by atoms with Crippen molar-refractivity contribution in [2.75, 3.05) is 0 Å². The summed E-state index contributed by atoms with van der Waals surface area (Å²) in [4.78, 5) is 11.8. The highest BCUT2D eigenvalue weighted by molar-refractivity contribution is 6.43. The highest BCUT2D eigenvalue weighted by Crippen LogP contribution is 2.17. The van der Waals surface area contributed by atoms with Crippen molar-refractivity contribution in [2.24, 2.45) is 17.1 Å². The monoisotopic (exact) mass is 244 g/mol. The summed E-state index contributed by atoms with van der Waals surface area (Å²) >= 11 is 0. The van der Waals surface area contributed by atoms with Gasteiger partial charge >= 0.3 is 7.12 Å². The number of hydrogen-bond acceptors (Lipinski definition) is 4. The summed E-state index contributed by atoms with van der Waals surface area (Å²) in [5.74, 6) is -0.764. The summed E-state index contributed by atoms with van der Waals surface area (Å²) in [7, 11) is -1.56. The Morgan fingerprint density at radius 1 is 1.35 bits per heavy atom. The summed E-state index contributed by atoms with van der Waals surface area (Å²) in [6.45, 7) is 9.49. The number of carbonyl (C=O) groups excluding carboxylic acids is 1. The molecule has 0 aliphatic rings. The molecular formula is C11H25BN2O3. The predicted molar refractivity (Wildman–Crippen MR) is 69.0 cm³/mol. The Morgan fingerprint density at radius 2 is 1.82 bits per heavy atom. The van der Waals surface area contributed by atoms with Crippen molar-refractivity contribution in [3.05, 3.63) is 0 Å². The molecule has 0 unspecified atom stereocenters. The van der Waals surface area contributed by atoms with E-state index in [2.05, 4.69) is 5.32 Å². The molecule has 5 nitrogen and oxygen atoms in total. The van der Waals surface area contributed by atoms with E-state index in [1.807, 2.05) is 34.6 Å². The van der Waals surface area contributed by atoms with Crippen LogP contribution in [0.3, 0.4) is 0 Å². The van der Waals surface area contributed by atoms with Gasteiger partial charge in [0.05, 0.1) is 12.0 Å². The fraction of sp³-hybridized carbons (Fsp3) is 0.909. The Balaban J connectivity index is 4.51. The highest BCUT2D eigenvalue weighted by atomic mass is 16.4. The molecule has 0 aromatic rings. The minimum absolute atomic E-state index is 0.257. The first kappa shape index (κ1) is 16.4. The van der Waals surface area contributed by atoms with Crippen molar-refractivity contribution in [1.82, 2.24) is 5.32 Å². The molecule has 0 spiro atoms. The van der Waals surface area contributed by atoms with E-state index in [0.717, 1.165) is 0 Å². The zero-order valence-electron chi connectivity index (χ0n) is 11.4. The van der Waals surface area contributed by atoms with Gasteiger partial charge in [-0.2, -0.15) is 0 Å². The van der Waals surface area contributed by atoms with Crippen molar-refractivity contribution in [3.63, 3.8) is 0 Å². The molecule has 0 rings (SSSR count). The fourth-order valence-corrected chi connectivity index (χ4v) is 1.43. The molecule has 0 aromatic heterocycles. The van der Waals surface area contributed by atoms with Gasteiger partial charge in [0.25, 0.3) is 0 Å². The van der Waals surface area contributed by atoms with E-state index in [-0.39, 0.29) is 17.2 Å². The molecule has 0 bridgehead atoms. The van der Waals surface area contributed by atoms with Crippen LogP contribution in [0.1, 0.15) is 41.0 Å². The molecule has 2 atom stereocenters. The fourth-order valence-electron chi connectivity index (χ4n) is 1.43. The maximum absolute atomic E-state index is 11.8. The maximum atomic E-state index is 11.8. The zero-order valence-corrected chi connectivity index (χ0v) is 11.4. The van der Waals surface area contributed by atoms with Gasteiger partial charge in [-0.15, -0.1) is 0 Å². The Morgan fingerprint density at radius 3 is 2.12 bits per heavy atom. The normalized spacial score (nSPS) is 15.6. The van der Waals surface area contributed by atoms with Crippen LogP contribution < -0.4 is 11.1 Å². The molecule has 0 heterocycles. The van der Waals surface area contributed by atoms with Crippen molar-refractivity contribution >= 4 is 13.0 Å². The first-order chi connectivity index (χ1) is 7.55. The van der Waals surface area contributed by atoms with Crippen LogP contribution in [0.5, 0.6) is 0 Å². The Bertz CT molecular complexity index is 252. The molecule has 0 saturated heterocycles. The van der Waals surface area contributed by atoms with Gasteiger partial charge in [-0.3, -0.25) is 4.79 Å². The van der Waals surface area contributed by atoms with Crippen LogP contribution in [0.4, 0.5) is 0 Å². The molecule has 0 aliphatic heterocycles. The van der Waals surface area contributed by atoms with E-state index in [0.29, 0.717) is 6.42 Å². The Kier molecular flexibility index (Phi) is 6.16. The molecule has 6 heteroatoms. The number of amides is 1. The average Bonchev–Trinajstić information content (AvgIpc) is 2.13. The lowest BCUT2D eigenvalue weighted by Gasteiger charge is -2.28. The first-order valence-corrected chi connectivity index (χ1v) is 5.97. The smallest absolute Gasteiger partial charge is 0.426 e. The number of carbonyl (C=O) groups is 1. The third kappa shape index (κ3) is 6.05. The second-order valence-electron chi connectivity index (χ2n) is 6.00. The Hall–Kier alpha value is -0.585. The van der Waals surface area contributed by atoms with Gasteiger partial charge < -0.3 is 21.1 Å². The number of rotatable bonds is 5. The van der Waals surface area contributed by atoms with Gasteiger partial charge in [0.2, 0.25) is 5.91 Å². The predicted octanol–water partition coefficient (Wildman–Crippen LogP) is -0.0973. The summed E-state index contributed by atoms with van der Waals surface area (Å²) in [5, 5.41) is 21.0. The largest absolute Gasteiger partial charge is 0.475 e. The van der Waals surface area contributed by atoms with Crippen LogP contribution in [0.2, 0.25) is 0 Å². The quantitative estimate of drug-likeness (QED) is 0.508. The highest BCUT2D eigenvalue weighted by Gasteiger charge is 2.32. The molecule has 0 saturated carbocycles. The van der Waals surface area contributed by atoms with E-state index in [9.17, 15) is 14.8 Å². The van der Waals surface area contributed by atoms with Crippen LogP contribution in [0.25, 0.3) is 0 Å². The van der Waals surface area contributed by atoms with E-state index in [1.165, 1.54) is 0 Å². The standard InChI is InChI=1S/C11H25BN2O3/c1-7(2)6-8(12(16)17)14-10(15)9(13)11(3,4)5/h7-9,16-17H,6,13H2,1-5H3,(H,14,15)/t8-,9+/m0/s1. The average molecular weight is 244 g/mol. The lowest BCUT2D eigenvalue weighted by Crippen LogP contribution is -2.55. The summed E-state index contributed by atoms with van der Waals surface area (Å²) in [6.07, 6.45) is 0.500. The lowest BCUT2D eigenvalue weighted by atomic mass is 9.74. The molecule has 17 heavy (non-hydrogen) atoms. The van der Waals surface area contributed by atoms with Crippen molar-refractivity contribution in [1.29, 1.82) is 0 Å². The van der Waals surface area contributed by atoms with Crippen LogP contribution in [-0.2, 0) is 4.79 Å². The molecule has 0 aromatic carbocycles. The minimum Gasteiger partial charge on any atom is -0.426 e.